The first-order valence-electron chi connectivity index (χ1n) is 7.59. The molecule has 0 spiro atoms. The largest absolute Gasteiger partial charge is 0.384 e. The normalized spacial score (nSPS) is 12.4. The van der Waals surface area contributed by atoms with Gasteiger partial charge in [0, 0.05) is 20.1 Å². The number of hydrogen-bond donors (Lipinski definition) is 1. The fraction of sp³-hybridized carbons (Fsp3) is 0.353. The van der Waals surface area contributed by atoms with Gasteiger partial charge in [0.2, 0.25) is 0 Å². The second-order valence-corrected chi connectivity index (χ2v) is 5.89. The molecule has 0 fully saturated rings. The fourth-order valence-electron chi connectivity index (χ4n) is 2.55. The summed E-state index contributed by atoms with van der Waals surface area (Å²) in [6.45, 7) is 2.00. The van der Waals surface area contributed by atoms with Crippen molar-refractivity contribution >= 4 is 11.6 Å². The van der Waals surface area contributed by atoms with Crippen molar-refractivity contribution in [2.75, 3.05) is 19.3 Å². The van der Waals surface area contributed by atoms with Gasteiger partial charge >= 0.3 is 5.69 Å². The third-order valence-electron chi connectivity index (χ3n) is 4.32. The molecule has 0 aliphatic rings. The van der Waals surface area contributed by atoms with E-state index in [1.165, 1.54) is 14.1 Å². The average molecular weight is 330 g/mol. The van der Waals surface area contributed by atoms with Gasteiger partial charge in [-0.15, -0.1) is 0 Å². The summed E-state index contributed by atoms with van der Waals surface area (Å²) >= 11 is 0. The molecule has 7 heteroatoms. The van der Waals surface area contributed by atoms with E-state index in [0.717, 1.165) is 14.7 Å². The van der Waals surface area contributed by atoms with Gasteiger partial charge in [-0.2, -0.15) is 0 Å². The van der Waals surface area contributed by atoms with Crippen molar-refractivity contribution in [1.29, 1.82) is 0 Å². The number of aromatic nitrogens is 2. The molecule has 7 nitrogen and oxygen atoms in total. The minimum absolute atomic E-state index is 0.00671. The molecule has 128 valence electrons. The Kier molecular flexibility index (Phi) is 5.04. The van der Waals surface area contributed by atoms with E-state index in [4.69, 9.17) is 5.73 Å². The number of nitrogens with two attached hydrogens (primary N) is 1. The second kappa shape index (κ2) is 6.84. The van der Waals surface area contributed by atoms with E-state index in [2.05, 4.69) is 0 Å². The summed E-state index contributed by atoms with van der Waals surface area (Å²) in [4.78, 5) is 38.5. The van der Waals surface area contributed by atoms with Crippen LogP contribution >= 0.6 is 0 Å². The smallest absolute Gasteiger partial charge is 0.332 e. The van der Waals surface area contributed by atoms with Gasteiger partial charge in [0.1, 0.15) is 11.4 Å². The topological polar surface area (TPSA) is 90.3 Å². The van der Waals surface area contributed by atoms with Crippen molar-refractivity contribution in [1.82, 2.24) is 14.0 Å². The zero-order valence-corrected chi connectivity index (χ0v) is 14.3. The van der Waals surface area contributed by atoms with Gasteiger partial charge < -0.3 is 5.73 Å². The highest BCUT2D eigenvalue weighted by molar-refractivity contribution is 6.01. The summed E-state index contributed by atoms with van der Waals surface area (Å²) in [7, 11) is 4.57. The molecule has 0 radical (unpaired) electrons. The lowest BCUT2D eigenvalue weighted by Crippen LogP contribution is -2.43. The number of Topliss-reactive ketones (excluding diaryl/α,β-unsaturated/α-hetero) is 1. The standard InChI is InChI=1S/C17H22N4O3/c1-11(12-8-6-5-7-9-12)19(2)10-13(22)14-15(18)20(3)17(24)21(4)16(14)23/h5-9,11H,10,18H2,1-4H3. The second-order valence-electron chi connectivity index (χ2n) is 5.89. The number of carbonyl (C=O) groups excluding carboxylic acids is 1. The Morgan fingerprint density at radius 3 is 2.33 bits per heavy atom. The molecule has 24 heavy (non-hydrogen) atoms. The molecule has 0 amide bonds. The highest BCUT2D eigenvalue weighted by atomic mass is 16.2. The van der Waals surface area contributed by atoms with Crippen LogP contribution in [0, 0.1) is 0 Å². The SMILES string of the molecule is CC(c1ccccc1)N(C)CC(=O)c1c(N)n(C)c(=O)n(C)c1=O. The number of nitrogens with zero attached hydrogens (tertiary/aromatic N) is 3. The first kappa shape index (κ1) is 17.7. The molecule has 1 unspecified atom stereocenters. The minimum atomic E-state index is -0.665. The Balaban J connectivity index is 2.31. The van der Waals surface area contributed by atoms with Gasteiger partial charge in [-0.25, -0.2) is 4.79 Å². The molecule has 2 aromatic rings. The third-order valence-corrected chi connectivity index (χ3v) is 4.32. The number of anilines is 1. The van der Waals surface area contributed by atoms with Crippen molar-refractivity contribution in [2.45, 2.75) is 13.0 Å². The number of hydrogen-bond acceptors (Lipinski definition) is 5. The van der Waals surface area contributed by atoms with Crippen LogP contribution in [0.2, 0.25) is 0 Å². The minimum Gasteiger partial charge on any atom is -0.384 e. The van der Waals surface area contributed by atoms with E-state index >= 15 is 0 Å². The molecule has 1 aromatic heterocycles. The molecule has 0 saturated heterocycles. The number of carbonyl (C=O) groups is 1. The van der Waals surface area contributed by atoms with Crippen molar-refractivity contribution in [3.8, 4) is 0 Å². The van der Waals surface area contributed by atoms with Crippen LogP contribution in [0.4, 0.5) is 5.82 Å². The predicted octanol–water partition coefficient (Wildman–Crippen LogP) is 0.542. The molecule has 1 aromatic carbocycles. The fourth-order valence-corrected chi connectivity index (χ4v) is 2.55. The lowest BCUT2D eigenvalue weighted by molar-refractivity contribution is 0.0923. The first-order chi connectivity index (χ1) is 11.3. The predicted molar refractivity (Wildman–Crippen MR) is 93.2 cm³/mol. The molecule has 2 rings (SSSR count). The van der Waals surface area contributed by atoms with Gasteiger partial charge in [0.15, 0.2) is 5.78 Å². The van der Waals surface area contributed by atoms with Crippen LogP contribution in [0.25, 0.3) is 0 Å². The molecule has 2 N–H and O–H groups in total. The van der Waals surface area contributed by atoms with Crippen molar-refractivity contribution in [3.05, 3.63) is 62.3 Å². The monoisotopic (exact) mass is 330 g/mol. The van der Waals surface area contributed by atoms with Crippen LogP contribution in [0.5, 0.6) is 0 Å². The average Bonchev–Trinajstić information content (AvgIpc) is 2.58. The van der Waals surface area contributed by atoms with Crippen LogP contribution in [0.1, 0.15) is 28.9 Å². The van der Waals surface area contributed by atoms with E-state index in [9.17, 15) is 14.4 Å². The lowest BCUT2D eigenvalue weighted by Gasteiger charge is -2.24. The maximum atomic E-state index is 12.6. The zero-order chi connectivity index (χ0) is 18.0. The molecule has 0 saturated carbocycles. The summed E-state index contributed by atoms with van der Waals surface area (Å²) < 4.78 is 2.00. The molecular formula is C17H22N4O3. The number of likely N-dealkylation sites (N-methyl/N-ethyl adjacent to an activating group) is 1. The number of ketones is 1. The molecule has 1 atom stereocenters. The van der Waals surface area contributed by atoms with E-state index in [1.54, 1.807) is 7.05 Å². The summed E-state index contributed by atoms with van der Waals surface area (Å²) in [6, 6.07) is 9.74. The zero-order valence-electron chi connectivity index (χ0n) is 14.3. The Labute approximate surface area is 139 Å². The Bertz CT molecular complexity index is 868. The summed E-state index contributed by atoms with van der Waals surface area (Å²) in [6.07, 6.45) is 0. The molecule has 0 aliphatic carbocycles. The van der Waals surface area contributed by atoms with Gasteiger partial charge in [0.25, 0.3) is 5.56 Å². The van der Waals surface area contributed by atoms with Crippen LogP contribution in [-0.4, -0.2) is 33.4 Å². The number of benzene rings is 1. The van der Waals surface area contributed by atoms with E-state index < -0.39 is 17.0 Å². The van der Waals surface area contributed by atoms with E-state index in [1.807, 2.05) is 42.2 Å². The Morgan fingerprint density at radius 1 is 1.17 bits per heavy atom. The van der Waals surface area contributed by atoms with Crippen molar-refractivity contribution in [2.24, 2.45) is 14.1 Å². The molecular weight excluding hydrogens is 308 g/mol. The quantitative estimate of drug-likeness (QED) is 0.808. The summed E-state index contributed by atoms with van der Waals surface area (Å²) in [5.74, 6) is -0.511. The number of nitrogen functional groups attached to an aromatic ring is 1. The highest BCUT2D eigenvalue weighted by Crippen LogP contribution is 2.18. The van der Waals surface area contributed by atoms with Crippen LogP contribution in [-0.2, 0) is 14.1 Å². The van der Waals surface area contributed by atoms with Gasteiger partial charge in [-0.3, -0.25) is 23.6 Å². The summed E-state index contributed by atoms with van der Waals surface area (Å²) in [5.41, 5.74) is 5.52. The highest BCUT2D eigenvalue weighted by Gasteiger charge is 2.23. The van der Waals surface area contributed by atoms with Crippen LogP contribution in [0.3, 0.4) is 0 Å². The van der Waals surface area contributed by atoms with Crippen molar-refractivity contribution in [3.63, 3.8) is 0 Å². The van der Waals surface area contributed by atoms with Gasteiger partial charge in [-0.05, 0) is 19.5 Å². The van der Waals surface area contributed by atoms with Crippen LogP contribution in [0.15, 0.2) is 39.9 Å². The van der Waals surface area contributed by atoms with E-state index in [0.29, 0.717) is 0 Å². The Morgan fingerprint density at radius 2 is 1.75 bits per heavy atom. The molecule has 0 aliphatic heterocycles. The van der Waals surface area contributed by atoms with Gasteiger partial charge in [0.05, 0.1) is 6.54 Å². The summed E-state index contributed by atoms with van der Waals surface area (Å²) in [5, 5.41) is 0. The maximum absolute atomic E-state index is 12.6. The molecule has 0 bridgehead atoms. The first-order valence-corrected chi connectivity index (χ1v) is 7.59. The van der Waals surface area contributed by atoms with E-state index in [-0.39, 0.29) is 24.0 Å². The lowest BCUT2D eigenvalue weighted by atomic mass is 10.1. The molecule has 1 heterocycles. The van der Waals surface area contributed by atoms with Gasteiger partial charge in [-0.1, -0.05) is 30.3 Å². The Hall–Kier alpha value is -2.67. The third kappa shape index (κ3) is 3.16. The van der Waals surface area contributed by atoms with Crippen LogP contribution < -0.4 is 17.0 Å². The number of rotatable bonds is 5. The maximum Gasteiger partial charge on any atom is 0.332 e. The van der Waals surface area contributed by atoms with Crippen molar-refractivity contribution < 1.29 is 4.79 Å².